The summed E-state index contributed by atoms with van der Waals surface area (Å²) in [7, 11) is 4.45. The van der Waals surface area contributed by atoms with Gasteiger partial charge in [-0.25, -0.2) is 0 Å². The third-order valence-corrected chi connectivity index (χ3v) is 5.88. The minimum absolute atomic E-state index is 0.165. The van der Waals surface area contributed by atoms with Crippen LogP contribution in [0.25, 0.3) is 0 Å². The van der Waals surface area contributed by atoms with Crippen molar-refractivity contribution in [3.05, 3.63) is 90.0 Å². The SMILES string of the molecule is COC(=O)CCCN(C(=O)[C@H](Cc1ccccc1)NC(=O)c1ccc(OC)cc1)c1ccc(OC)cc1. The van der Waals surface area contributed by atoms with Crippen molar-refractivity contribution in [3.63, 3.8) is 0 Å². The van der Waals surface area contributed by atoms with Gasteiger partial charge >= 0.3 is 5.97 Å². The Morgan fingerprint density at radius 1 is 0.811 bits per heavy atom. The molecule has 0 aliphatic heterocycles. The van der Waals surface area contributed by atoms with Crippen molar-refractivity contribution < 1.29 is 28.6 Å². The van der Waals surface area contributed by atoms with Gasteiger partial charge in [-0.2, -0.15) is 0 Å². The average molecular weight is 505 g/mol. The van der Waals surface area contributed by atoms with E-state index in [0.29, 0.717) is 35.6 Å². The molecule has 3 rings (SSSR count). The predicted octanol–water partition coefficient (Wildman–Crippen LogP) is 4.03. The van der Waals surface area contributed by atoms with Crippen molar-refractivity contribution in [2.75, 3.05) is 32.8 Å². The van der Waals surface area contributed by atoms with E-state index in [9.17, 15) is 14.4 Å². The Morgan fingerprint density at radius 2 is 1.41 bits per heavy atom. The quantitative estimate of drug-likeness (QED) is 0.374. The van der Waals surface area contributed by atoms with Gasteiger partial charge in [0.1, 0.15) is 17.5 Å². The third kappa shape index (κ3) is 7.83. The molecule has 0 radical (unpaired) electrons. The van der Waals surface area contributed by atoms with Crippen LogP contribution >= 0.6 is 0 Å². The van der Waals surface area contributed by atoms with Crippen LogP contribution in [0.15, 0.2) is 78.9 Å². The van der Waals surface area contributed by atoms with E-state index in [1.165, 1.54) is 7.11 Å². The molecule has 0 aliphatic carbocycles. The van der Waals surface area contributed by atoms with Crippen molar-refractivity contribution in [1.29, 1.82) is 0 Å². The standard InChI is InChI=1S/C29H32N2O6/c1-35-24-15-11-22(12-16-24)28(33)30-26(20-21-8-5-4-6-9-21)29(34)31(19-7-10-27(32)37-3)23-13-17-25(36-2)18-14-23/h4-6,8-9,11-18,26H,7,10,19-20H2,1-3H3,(H,30,33)/t26-/m0/s1. The highest BCUT2D eigenvalue weighted by molar-refractivity contribution is 6.02. The van der Waals surface area contributed by atoms with E-state index < -0.39 is 6.04 Å². The lowest BCUT2D eigenvalue weighted by molar-refractivity contribution is -0.140. The van der Waals surface area contributed by atoms with Crippen LogP contribution < -0.4 is 19.7 Å². The van der Waals surface area contributed by atoms with E-state index in [-0.39, 0.29) is 30.7 Å². The molecule has 194 valence electrons. The zero-order valence-corrected chi connectivity index (χ0v) is 21.3. The Labute approximate surface area is 217 Å². The van der Waals surface area contributed by atoms with Gasteiger partial charge in [-0.05, 0) is 60.5 Å². The molecule has 0 saturated heterocycles. The fourth-order valence-corrected chi connectivity index (χ4v) is 3.83. The molecule has 0 aromatic heterocycles. The number of benzene rings is 3. The number of hydrogen-bond acceptors (Lipinski definition) is 6. The van der Waals surface area contributed by atoms with Gasteiger partial charge in [-0.1, -0.05) is 30.3 Å². The third-order valence-electron chi connectivity index (χ3n) is 5.88. The average Bonchev–Trinajstić information content (AvgIpc) is 2.95. The number of nitrogens with one attached hydrogen (secondary N) is 1. The Kier molecular flexibility index (Phi) is 10.1. The Hall–Kier alpha value is -4.33. The normalized spacial score (nSPS) is 11.2. The second-order valence-corrected chi connectivity index (χ2v) is 8.31. The lowest BCUT2D eigenvalue weighted by Gasteiger charge is -2.28. The van der Waals surface area contributed by atoms with Crippen LogP contribution in [0.4, 0.5) is 5.69 Å². The molecule has 0 bridgehead atoms. The summed E-state index contributed by atoms with van der Waals surface area (Å²) in [5.74, 6) is 0.266. The van der Waals surface area contributed by atoms with Gasteiger partial charge in [0.05, 0.1) is 21.3 Å². The molecule has 3 aromatic rings. The van der Waals surface area contributed by atoms with Crippen molar-refractivity contribution in [3.8, 4) is 11.5 Å². The molecular weight excluding hydrogens is 472 g/mol. The summed E-state index contributed by atoms with van der Waals surface area (Å²) < 4.78 is 15.2. The number of ether oxygens (including phenoxy) is 3. The van der Waals surface area contributed by atoms with E-state index >= 15 is 0 Å². The van der Waals surface area contributed by atoms with Crippen LogP contribution in [0.2, 0.25) is 0 Å². The summed E-state index contributed by atoms with van der Waals surface area (Å²) in [6.45, 7) is 0.268. The first kappa shape index (κ1) is 27.3. The zero-order valence-electron chi connectivity index (χ0n) is 21.3. The molecule has 0 unspecified atom stereocenters. The largest absolute Gasteiger partial charge is 0.497 e. The molecule has 0 heterocycles. The molecule has 8 nitrogen and oxygen atoms in total. The summed E-state index contributed by atoms with van der Waals surface area (Å²) in [6.07, 6.45) is 0.859. The first-order valence-corrected chi connectivity index (χ1v) is 12.0. The predicted molar refractivity (Wildman–Crippen MR) is 141 cm³/mol. The maximum absolute atomic E-state index is 14.0. The molecular formula is C29H32N2O6. The minimum atomic E-state index is -0.850. The number of hydrogen-bond donors (Lipinski definition) is 1. The number of carbonyl (C=O) groups excluding carboxylic acids is 3. The van der Waals surface area contributed by atoms with Gasteiger partial charge in [-0.15, -0.1) is 0 Å². The first-order chi connectivity index (χ1) is 17.9. The minimum Gasteiger partial charge on any atom is -0.497 e. The van der Waals surface area contributed by atoms with Crippen LogP contribution in [0, 0.1) is 0 Å². The maximum Gasteiger partial charge on any atom is 0.305 e. The number of anilines is 1. The van der Waals surface area contributed by atoms with Crippen LogP contribution in [0.3, 0.4) is 0 Å². The van der Waals surface area contributed by atoms with Crippen LogP contribution in [0.1, 0.15) is 28.8 Å². The zero-order chi connectivity index (χ0) is 26.6. The smallest absolute Gasteiger partial charge is 0.305 e. The van der Waals surface area contributed by atoms with E-state index in [4.69, 9.17) is 14.2 Å². The van der Waals surface area contributed by atoms with Crippen molar-refractivity contribution in [2.45, 2.75) is 25.3 Å². The molecule has 0 fully saturated rings. The number of rotatable bonds is 12. The number of amides is 2. The van der Waals surface area contributed by atoms with Gasteiger partial charge in [-0.3, -0.25) is 14.4 Å². The Bertz CT molecular complexity index is 1160. The molecule has 0 saturated carbocycles. The monoisotopic (exact) mass is 504 g/mol. The van der Waals surface area contributed by atoms with Gasteiger partial charge in [0.25, 0.3) is 5.91 Å². The molecule has 37 heavy (non-hydrogen) atoms. The van der Waals surface area contributed by atoms with Crippen LogP contribution in [-0.2, 0) is 20.7 Å². The Morgan fingerprint density at radius 3 is 1.97 bits per heavy atom. The molecule has 0 aliphatic rings. The molecule has 8 heteroatoms. The van der Waals surface area contributed by atoms with E-state index in [0.717, 1.165) is 5.56 Å². The summed E-state index contributed by atoms with van der Waals surface area (Å²) in [6, 6.07) is 22.4. The topological polar surface area (TPSA) is 94.2 Å². The number of methoxy groups -OCH3 is 3. The van der Waals surface area contributed by atoms with E-state index in [1.54, 1.807) is 67.7 Å². The Balaban J connectivity index is 1.89. The number of nitrogens with zero attached hydrogens (tertiary/aromatic N) is 1. The highest BCUT2D eigenvalue weighted by Gasteiger charge is 2.28. The van der Waals surface area contributed by atoms with Crippen LogP contribution in [0.5, 0.6) is 11.5 Å². The molecule has 0 spiro atoms. The van der Waals surface area contributed by atoms with Crippen molar-refractivity contribution in [1.82, 2.24) is 5.32 Å². The van der Waals surface area contributed by atoms with Gasteiger partial charge in [0.15, 0.2) is 0 Å². The van der Waals surface area contributed by atoms with Gasteiger partial charge < -0.3 is 24.4 Å². The maximum atomic E-state index is 14.0. The summed E-state index contributed by atoms with van der Waals surface area (Å²) in [4.78, 5) is 40.4. The van der Waals surface area contributed by atoms with Gasteiger partial charge in [0, 0.05) is 30.6 Å². The van der Waals surface area contributed by atoms with E-state index in [2.05, 4.69) is 5.32 Å². The summed E-state index contributed by atoms with van der Waals surface area (Å²) in [5.41, 5.74) is 1.95. The molecule has 2 amide bonds. The van der Waals surface area contributed by atoms with Crippen molar-refractivity contribution in [2.24, 2.45) is 0 Å². The lowest BCUT2D eigenvalue weighted by Crippen LogP contribution is -2.50. The highest BCUT2D eigenvalue weighted by Crippen LogP contribution is 2.22. The van der Waals surface area contributed by atoms with Crippen LogP contribution in [-0.4, -0.2) is 51.7 Å². The lowest BCUT2D eigenvalue weighted by atomic mass is 10.0. The van der Waals surface area contributed by atoms with Crippen molar-refractivity contribution >= 4 is 23.5 Å². The molecule has 1 N–H and O–H groups in total. The summed E-state index contributed by atoms with van der Waals surface area (Å²) in [5, 5.41) is 2.91. The molecule has 1 atom stereocenters. The molecule has 3 aromatic carbocycles. The fraction of sp³-hybridized carbons (Fsp3) is 0.276. The first-order valence-electron chi connectivity index (χ1n) is 12.0. The second-order valence-electron chi connectivity index (χ2n) is 8.31. The van der Waals surface area contributed by atoms with E-state index in [1.807, 2.05) is 30.3 Å². The van der Waals surface area contributed by atoms with Gasteiger partial charge in [0.2, 0.25) is 5.91 Å². The summed E-state index contributed by atoms with van der Waals surface area (Å²) >= 11 is 0. The number of esters is 1. The fourth-order valence-electron chi connectivity index (χ4n) is 3.83. The highest BCUT2D eigenvalue weighted by atomic mass is 16.5. The second kappa shape index (κ2) is 13.7. The number of carbonyl (C=O) groups is 3.